The van der Waals surface area contributed by atoms with E-state index >= 15 is 0 Å². The highest BCUT2D eigenvalue weighted by Gasteiger charge is 2.37. The van der Waals surface area contributed by atoms with E-state index in [1.165, 1.54) is 4.90 Å². The van der Waals surface area contributed by atoms with Crippen molar-refractivity contribution in [2.24, 2.45) is 5.92 Å². The van der Waals surface area contributed by atoms with E-state index in [4.69, 9.17) is 0 Å². The Morgan fingerprint density at radius 3 is 2.32 bits per heavy atom. The maximum atomic E-state index is 13.2. The largest absolute Gasteiger partial charge is 0.351 e. The van der Waals surface area contributed by atoms with Gasteiger partial charge >= 0.3 is 0 Å². The molecule has 0 aliphatic carbocycles. The number of anilines is 1. The third kappa shape index (κ3) is 4.47. The molecule has 8 heteroatoms. The van der Waals surface area contributed by atoms with Crippen molar-refractivity contribution in [3.05, 3.63) is 59.7 Å². The molecule has 1 aliphatic heterocycles. The van der Waals surface area contributed by atoms with Crippen LogP contribution in [0.4, 0.5) is 14.5 Å². The van der Waals surface area contributed by atoms with Gasteiger partial charge in [0.15, 0.2) is 0 Å². The molecule has 2 aromatic rings. The summed E-state index contributed by atoms with van der Waals surface area (Å²) in [5, 5.41) is 3.29. The number of nitrogens with zero attached hydrogens (tertiary/aromatic N) is 1. The maximum absolute atomic E-state index is 13.2. The topological polar surface area (TPSA) is 66.5 Å². The molecule has 0 aromatic heterocycles. The zero-order valence-corrected chi connectivity index (χ0v) is 16.5. The second-order valence-electron chi connectivity index (χ2n) is 7.19. The first-order chi connectivity index (χ1) is 13.1. The van der Waals surface area contributed by atoms with Gasteiger partial charge < -0.3 is 14.8 Å². The molecular weight excluding hydrogens is 385 g/mol. The number of amides is 2. The molecule has 1 saturated heterocycles. The number of hydrogen-bond donors (Lipinski definition) is 1. The van der Waals surface area contributed by atoms with Gasteiger partial charge in [0.05, 0.1) is 0 Å². The van der Waals surface area contributed by atoms with Crippen molar-refractivity contribution >= 4 is 29.9 Å². The smallest absolute Gasteiger partial charge is 0.239 e. The van der Waals surface area contributed by atoms with Crippen molar-refractivity contribution in [2.45, 2.75) is 13.0 Å². The third-order valence-electron chi connectivity index (χ3n) is 4.69. The highest BCUT2D eigenvalue weighted by molar-refractivity contribution is 7.70. The number of rotatable bonds is 5. The fourth-order valence-corrected chi connectivity index (χ4v) is 4.06. The molecule has 1 fully saturated rings. The van der Waals surface area contributed by atoms with Gasteiger partial charge in [0.1, 0.15) is 24.7 Å². The summed E-state index contributed by atoms with van der Waals surface area (Å²) in [6, 6.07) is 9.93. The molecular formula is C20H21F2N2O3P. The molecule has 28 heavy (non-hydrogen) atoms. The summed E-state index contributed by atoms with van der Waals surface area (Å²) in [6.07, 6.45) is 0.351. The predicted octanol–water partition coefficient (Wildman–Crippen LogP) is 2.88. The Labute approximate surface area is 162 Å². The average Bonchev–Trinajstić information content (AvgIpc) is 3.00. The van der Waals surface area contributed by atoms with Crippen LogP contribution in [0.5, 0.6) is 0 Å². The van der Waals surface area contributed by atoms with Crippen LogP contribution in [-0.2, 0) is 20.7 Å². The zero-order chi connectivity index (χ0) is 20.5. The van der Waals surface area contributed by atoms with Crippen LogP contribution in [0.15, 0.2) is 42.5 Å². The van der Waals surface area contributed by atoms with Gasteiger partial charge in [0.2, 0.25) is 11.8 Å². The van der Waals surface area contributed by atoms with Crippen LogP contribution in [0.1, 0.15) is 12.0 Å². The maximum Gasteiger partial charge on any atom is 0.239 e. The van der Waals surface area contributed by atoms with Gasteiger partial charge in [0.25, 0.3) is 0 Å². The van der Waals surface area contributed by atoms with E-state index < -0.39 is 30.6 Å². The van der Waals surface area contributed by atoms with Crippen LogP contribution >= 0.6 is 7.14 Å². The SMILES string of the molecule is CP(C)(=O)c1ccc(N2CCC(C(=O)NCc3cc(F)cc(F)c3)C2=O)cc1. The van der Waals surface area contributed by atoms with Gasteiger partial charge in [0, 0.05) is 30.1 Å². The molecule has 1 aliphatic rings. The lowest BCUT2D eigenvalue weighted by Gasteiger charge is -2.18. The van der Waals surface area contributed by atoms with E-state index in [9.17, 15) is 22.9 Å². The molecule has 0 spiro atoms. The van der Waals surface area contributed by atoms with Crippen LogP contribution in [-0.4, -0.2) is 31.7 Å². The third-order valence-corrected chi connectivity index (χ3v) is 6.24. The van der Waals surface area contributed by atoms with Crippen molar-refractivity contribution in [2.75, 3.05) is 24.8 Å². The number of nitrogens with one attached hydrogen (secondary N) is 1. The van der Waals surface area contributed by atoms with Gasteiger partial charge in [-0.05, 0) is 61.7 Å². The average molecular weight is 406 g/mol. The van der Waals surface area contributed by atoms with E-state index in [1.54, 1.807) is 37.6 Å². The zero-order valence-electron chi connectivity index (χ0n) is 15.6. The van der Waals surface area contributed by atoms with Crippen LogP contribution in [0, 0.1) is 17.6 Å². The lowest BCUT2D eigenvalue weighted by Crippen LogP contribution is -2.36. The Morgan fingerprint density at radius 2 is 1.75 bits per heavy atom. The highest BCUT2D eigenvalue weighted by Crippen LogP contribution is 2.35. The van der Waals surface area contributed by atoms with Crippen LogP contribution in [0.3, 0.4) is 0 Å². The summed E-state index contributed by atoms with van der Waals surface area (Å²) in [5.74, 6) is -3.09. The summed E-state index contributed by atoms with van der Waals surface area (Å²) in [4.78, 5) is 26.5. The first-order valence-electron chi connectivity index (χ1n) is 8.85. The normalized spacial score (nSPS) is 17.1. The summed E-state index contributed by atoms with van der Waals surface area (Å²) in [5.41, 5.74) is 0.928. The summed E-state index contributed by atoms with van der Waals surface area (Å²) in [6.45, 7) is 3.68. The van der Waals surface area contributed by atoms with Crippen LogP contribution in [0.25, 0.3) is 0 Å². The second kappa shape index (κ2) is 7.84. The predicted molar refractivity (Wildman–Crippen MR) is 104 cm³/mol. The van der Waals surface area contributed by atoms with E-state index in [1.807, 2.05) is 0 Å². The summed E-state index contributed by atoms with van der Waals surface area (Å²) < 4.78 is 38.6. The standard InChI is InChI=1S/C20H21F2N2O3P/c1-28(2,27)17-5-3-16(4-6-17)24-8-7-18(20(24)26)19(25)23-12-13-9-14(21)11-15(22)10-13/h3-6,9-11,18H,7-8,12H2,1-2H3,(H,23,25). The number of hydrogen-bond acceptors (Lipinski definition) is 3. The fraction of sp³-hybridized carbons (Fsp3) is 0.300. The van der Waals surface area contributed by atoms with E-state index in [-0.39, 0.29) is 18.0 Å². The molecule has 2 amide bonds. The Balaban J connectivity index is 1.64. The van der Waals surface area contributed by atoms with Gasteiger partial charge in [-0.25, -0.2) is 8.78 Å². The van der Waals surface area contributed by atoms with Gasteiger partial charge in [-0.2, -0.15) is 0 Å². The molecule has 0 bridgehead atoms. The lowest BCUT2D eigenvalue weighted by molar-refractivity contribution is -0.132. The van der Waals surface area contributed by atoms with E-state index in [0.717, 1.165) is 23.5 Å². The molecule has 1 heterocycles. The minimum atomic E-state index is -2.38. The second-order valence-corrected chi connectivity index (χ2v) is 10.4. The molecule has 148 valence electrons. The summed E-state index contributed by atoms with van der Waals surface area (Å²) >= 11 is 0. The van der Waals surface area contributed by atoms with E-state index in [2.05, 4.69) is 5.32 Å². The molecule has 0 radical (unpaired) electrons. The molecule has 5 nitrogen and oxygen atoms in total. The van der Waals surface area contributed by atoms with Crippen molar-refractivity contribution in [1.82, 2.24) is 5.32 Å². The van der Waals surface area contributed by atoms with Gasteiger partial charge in [-0.3, -0.25) is 9.59 Å². The molecule has 1 N–H and O–H groups in total. The Morgan fingerprint density at radius 1 is 1.14 bits per heavy atom. The first-order valence-corrected chi connectivity index (χ1v) is 11.4. The monoisotopic (exact) mass is 406 g/mol. The van der Waals surface area contributed by atoms with Crippen molar-refractivity contribution < 1.29 is 22.9 Å². The molecule has 2 aromatic carbocycles. The van der Waals surface area contributed by atoms with Crippen molar-refractivity contribution in [3.8, 4) is 0 Å². The lowest BCUT2D eigenvalue weighted by atomic mass is 10.1. The summed E-state index contributed by atoms with van der Waals surface area (Å²) in [7, 11) is -2.38. The van der Waals surface area contributed by atoms with Crippen LogP contribution < -0.4 is 15.5 Å². The van der Waals surface area contributed by atoms with Crippen LogP contribution in [0.2, 0.25) is 0 Å². The highest BCUT2D eigenvalue weighted by atomic mass is 31.2. The minimum Gasteiger partial charge on any atom is -0.351 e. The van der Waals surface area contributed by atoms with Crippen molar-refractivity contribution in [3.63, 3.8) is 0 Å². The number of carbonyl (C=O) groups is 2. The molecule has 1 atom stereocenters. The minimum absolute atomic E-state index is 0.0612. The van der Waals surface area contributed by atoms with Crippen molar-refractivity contribution in [1.29, 1.82) is 0 Å². The fourth-order valence-electron chi connectivity index (χ4n) is 3.20. The van der Waals surface area contributed by atoms with Gasteiger partial charge in [-0.1, -0.05) is 0 Å². The number of halogens is 2. The van der Waals surface area contributed by atoms with E-state index in [0.29, 0.717) is 18.7 Å². The Bertz CT molecular complexity index is 936. The first kappa shape index (κ1) is 20.2. The Kier molecular flexibility index (Phi) is 5.66. The molecule has 1 unspecified atom stereocenters. The number of carbonyl (C=O) groups excluding carboxylic acids is 2. The quantitative estimate of drug-likeness (QED) is 0.614. The van der Waals surface area contributed by atoms with Gasteiger partial charge in [-0.15, -0.1) is 0 Å². The molecule has 3 rings (SSSR count). The number of benzene rings is 2. The molecule has 0 saturated carbocycles. The Hall–Kier alpha value is -2.53.